The number of carbonyl (C=O) groups is 1. The van der Waals surface area contributed by atoms with Gasteiger partial charge in [-0.15, -0.1) is 0 Å². The standard InChI is InChI=1S/C26H34F2N4O/c1-26(27,28)22-8-5-7-21(19-22)25(33)30-23-9-6-13-29-24(23)32-17-11-20(12-18-32)10-16-31-14-3-2-4-15-31/h5-9,13,19-20H,2-4,10-12,14-18H2,1H3,(H,30,33). The maximum absolute atomic E-state index is 13.7. The Labute approximate surface area is 195 Å². The monoisotopic (exact) mass is 456 g/mol. The zero-order valence-corrected chi connectivity index (χ0v) is 19.4. The average molecular weight is 457 g/mol. The highest BCUT2D eigenvalue weighted by Gasteiger charge is 2.26. The smallest absolute Gasteiger partial charge is 0.270 e. The summed E-state index contributed by atoms with van der Waals surface area (Å²) in [5, 5.41) is 2.89. The van der Waals surface area contributed by atoms with Gasteiger partial charge < -0.3 is 15.1 Å². The zero-order chi connectivity index (χ0) is 23.3. The van der Waals surface area contributed by atoms with Gasteiger partial charge in [0.25, 0.3) is 11.8 Å². The first-order valence-corrected chi connectivity index (χ1v) is 12.1. The molecule has 2 saturated heterocycles. The van der Waals surface area contributed by atoms with Gasteiger partial charge in [0.05, 0.1) is 5.69 Å². The van der Waals surface area contributed by atoms with E-state index in [1.807, 2.05) is 6.07 Å². The van der Waals surface area contributed by atoms with E-state index in [4.69, 9.17) is 0 Å². The molecule has 0 aliphatic carbocycles. The zero-order valence-electron chi connectivity index (χ0n) is 19.4. The summed E-state index contributed by atoms with van der Waals surface area (Å²) in [4.78, 5) is 22.2. The van der Waals surface area contributed by atoms with Gasteiger partial charge in [-0.2, -0.15) is 0 Å². The summed E-state index contributed by atoms with van der Waals surface area (Å²) in [7, 11) is 0. The van der Waals surface area contributed by atoms with E-state index in [-0.39, 0.29) is 11.1 Å². The van der Waals surface area contributed by atoms with Gasteiger partial charge in [0.2, 0.25) is 0 Å². The number of halogens is 2. The van der Waals surface area contributed by atoms with Crippen LogP contribution in [0.5, 0.6) is 0 Å². The Balaban J connectivity index is 1.35. The molecule has 3 heterocycles. The number of alkyl halides is 2. The Bertz CT molecular complexity index is 932. The second-order valence-electron chi connectivity index (χ2n) is 9.42. The molecule has 2 aliphatic rings. The normalized spacial score (nSPS) is 18.3. The third-order valence-corrected chi connectivity index (χ3v) is 6.88. The number of rotatable bonds is 7. The number of piperidine rings is 2. The molecule has 1 N–H and O–H groups in total. The van der Waals surface area contributed by atoms with Crippen LogP contribution in [0, 0.1) is 5.92 Å². The lowest BCUT2D eigenvalue weighted by Gasteiger charge is -2.35. The molecule has 5 nitrogen and oxygen atoms in total. The highest BCUT2D eigenvalue weighted by Crippen LogP contribution is 2.30. The van der Waals surface area contributed by atoms with Gasteiger partial charge in [-0.1, -0.05) is 18.6 Å². The van der Waals surface area contributed by atoms with Crippen molar-refractivity contribution in [2.45, 2.75) is 51.4 Å². The molecule has 0 atom stereocenters. The Morgan fingerprint density at radius 1 is 1.09 bits per heavy atom. The molecule has 0 bridgehead atoms. The highest BCUT2D eigenvalue weighted by atomic mass is 19.3. The molecular formula is C26H34F2N4O. The maximum atomic E-state index is 13.7. The van der Waals surface area contributed by atoms with Crippen molar-refractivity contribution in [1.29, 1.82) is 0 Å². The van der Waals surface area contributed by atoms with Gasteiger partial charge in [-0.05, 0) is 81.9 Å². The number of aromatic nitrogens is 1. The van der Waals surface area contributed by atoms with Gasteiger partial charge >= 0.3 is 0 Å². The molecule has 4 rings (SSSR count). The fourth-order valence-corrected chi connectivity index (χ4v) is 4.86. The minimum atomic E-state index is -2.99. The van der Waals surface area contributed by atoms with E-state index in [0.29, 0.717) is 5.69 Å². The first kappa shape index (κ1) is 23.6. The number of carbonyl (C=O) groups excluding carboxylic acids is 1. The average Bonchev–Trinajstić information content (AvgIpc) is 2.84. The summed E-state index contributed by atoms with van der Waals surface area (Å²) in [6, 6.07) is 9.22. The minimum Gasteiger partial charge on any atom is -0.355 e. The number of amides is 1. The quantitative estimate of drug-likeness (QED) is 0.595. The number of nitrogens with one attached hydrogen (secondary N) is 1. The van der Waals surface area contributed by atoms with Gasteiger partial charge in [0.15, 0.2) is 5.82 Å². The number of likely N-dealkylation sites (tertiary alicyclic amines) is 1. The van der Waals surface area contributed by atoms with Crippen LogP contribution in [0.25, 0.3) is 0 Å². The number of nitrogens with zero attached hydrogens (tertiary/aromatic N) is 3. The number of anilines is 2. The topological polar surface area (TPSA) is 48.5 Å². The van der Waals surface area contributed by atoms with Crippen LogP contribution in [0.15, 0.2) is 42.6 Å². The maximum Gasteiger partial charge on any atom is 0.270 e. The van der Waals surface area contributed by atoms with E-state index in [0.717, 1.165) is 44.6 Å². The van der Waals surface area contributed by atoms with Crippen molar-refractivity contribution in [3.63, 3.8) is 0 Å². The van der Waals surface area contributed by atoms with E-state index in [2.05, 4.69) is 20.1 Å². The van der Waals surface area contributed by atoms with Crippen LogP contribution in [0.3, 0.4) is 0 Å². The number of hydrogen-bond donors (Lipinski definition) is 1. The summed E-state index contributed by atoms with van der Waals surface area (Å²) >= 11 is 0. The lowest BCUT2D eigenvalue weighted by atomic mass is 9.93. The van der Waals surface area contributed by atoms with Gasteiger partial charge in [0, 0.05) is 37.3 Å². The number of pyridine rings is 1. The van der Waals surface area contributed by atoms with Crippen molar-refractivity contribution in [3.8, 4) is 0 Å². The molecule has 1 aromatic heterocycles. The fraction of sp³-hybridized carbons (Fsp3) is 0.538. The molecule has 7 heteroatoms. The Kier molecular flexibility index (Phi) is 7.58. The van der Waals surface area contributed by atoms with E-state index in [9.17, 15) is 13.6 Å². The van der Waals surface area contributed by atoms with Crippen molar-refractivity contribution in [1.82, 2.24) is 9.88 Å². The van der Waals surface area contributed by atoms with Crippen LogP contribution < -0.4 is 10.2 Å². The number of hydrogen-bond acceptors (Lipinski definition) is 4. The summed E-state index contributed by atoms with van der Waals surface area (Å²) in [6.45, 7) is 6.33. The molecule has 2 fully saturated rings. The molecule has 1 amide bonds. The molecule has 0 saturated carbocycles. The Morgan fingerprint density at radius 2 is 1.85 bits per heavy atom. The first-order chi connectivity index (χ1) is 15.9. The van der Waals surface area contributed by atoms with Gasteiger partial charge in [0.1, 0.15) is 0 Å². The lowest BCUT2D eigenvalue weighted by Crippen LogP contribution is -2.37. The molecule has 33 heavy (non-hydrogen) atoms. The van der Waals surface area contributed by atoms with E-state index in [1.165, 1.54) is 63.5 Å². The largest absolute Gasteiger partial charge is 0.355 e. The van der Waals surface area contributed by atoms with Crippen molar-refractivity contribution in [2.24, 2.45) is 5.92 Å². The van der Waals surface area contributed by atoms with Crippen molar-refractivity contribution in [3.05, 3.63) is 53.7 Å². The summed E-state index contributed by atoms with van der Waals surface area (Å²) < 4.78 is 27.3. The minimum absolute atomic E-state index is 0.173. The highest BCUT2D eigenvalue weighted by molar-refractivity contribution is 6.05. The predicted molar refractivity (Wildman–Crippen MR) is 128 cm³/mol. The van der Waals surface area contributed by atoms with Crippen molar-refractivity contribution >= 4 is 17.4 Å². The van der Waals surface area contributed by atoms with Crippen LogP contribution in [-0.2, 0) is 5.92 Å². The molecule has 0 spiro atoms. The molecule has 0 unspecified atom stereocenters. The molecule has 1 aromatic carbocycles. The van der Waals surface area contributed by atoms with Crippen molar-refractivity contribution < 1.29 is 13.6 Å². The summed E-state index contributed by atoms with van der Waals surface area (Å²) in [6.07, 6.45) is 9.24. The third-order valence-electron chi connectivity index (χ3n) is 6.88. The van der Waals surface area contributed by atoms with E-state index >= 15 is 0 Å². The Morgan fingerprint density at radius 3 is 2.58 bits per heavy atom. The van der Waals surface area contributed by atoms with Crippen LogP contribution >= 0.6 is 0 Å². The summed E-state index contributed by atoms with van der Waals surface area (Å²) in [5.41, 5.74) is 0.649. The predicted octanol–water partition coefficient (Wildman–Crippen LogP) is 5.54. The fourth-order valence-electron chi connectivity index (χ4n) is 4.86. The first-order valence-electron chi connectivity index (χ1n) is 12.1. The molecule has 2 aromatic rings. The summed E-state index contributed by atoms with van der Waals surface area (Å²) in [5.74, 6) is -1.93. The number of benzene rings is 1. The van der Waals surface area contributed by atoms with Crippen LogP contribution in [0.4, 0.5) is 20.3 Å². The molecule has 2 aliphatic heterocycles. The van der Waals surface area contributed by atoms with E-state index < -0.39 is 11.8 Å². The van der Waals surface area contributed by atoms with Crippen molar-refractivity contribution in [2.75, 3.05) is 42.9 Å². The van der Waals surface area contributed by atoms with E-state index in [1.54, 1.807) is 18.3 Å². The molecular weight excluding hydrogens is 422 g/mol. The van der Waals surface area contributed by atoms with Crippen LogP contribution in [0.2, 0.25) is 0 Å². The van der Waals surface area contributed by atoms with Gasteiger partial charge in [-0.25, -0.2) is 13.8 Å². The van der Waals surface area contributed by atoms with Crippen LogP contribution in [0.1, 0.15) is 61.4 Å². The molecule has 178 valence electrons. The van der Waals surface area contributed by atoms with Crippen LogP contribution in [-0.4, -0.2) is 48.5 Å². The molecule has 0 radical (unpaired) electrons. The second kappa shape index (κ2) is 10.6. The SMILES string of the molecule is CC(F)(F)c1cccc(C(=O)Nc2cccnc2N2CCC(CCN3CCCCC3)CC2)c1. The second-order valence-corrected chi connectivity index (χ2v) is 9.42. The van der Waals surface area contributed by atoms with Gasteiger partial charge in [-0.3, -0.25) is 4.79 Å². The Hall–Kier alpha value is -2.54. The third kappa shape index (κ3) is 6.28. The lowest BCUT2D eigenvalue weighted by molar-refractivity contribution is 0.0174.